The van der Waals surface area contributed by atoms with Crippen molar-refractivity contribution >= 4 is 23.3 Å². The van der Waals surface area contributed by atoms with E-state index in [1.165, 1.54) is 19.2 Å². The minimum Gasteiger partial charge on any atom is -0.490 e. The number of benzene rings is 2. The number of methoxy groups -OCH3 is 1. The molecule has 0 aliphatic heterocycles. The molecule has 0 saturated carbocycles. The van der Waals surface area contributed by atoms with E-state index in [4.69, 9.17) is 25.5 Å². The zero-order chi connectivity index (χ0) is 19.4. The molecule has 2 aromatic carbocycles. The van der Waals surface area contributed by atoms with Crippen LogP contribution < -0.4 is 4.74 Å². The second-order valence-corrected chi connectivity index (χ2v) is 5.61. The summed E-state index contributed by atoms with van der Waals surface area (Å²) in [5.41, 5.74) is 0.203. The predicted octanol–water partition coefficient (Wildman–Crippen LogP) is 3.66. The van der Waals surface area contributed by atoms with Gasteiger partial charge in [0, 0.05) is 6.07 Å². The Kier molecular flexibility index (Phi) is 5.32. The number of nitrogens with zero attached hydrogens (tertiary/aromatic N) is 3. The molecule has 0 radical (unpaired) electrons. The highest BCUT2D eigenvalue weighted by Gasteiger charge is 2.20. The van der Waals surface area contributed by atoms with Crippen molar-refractivity contribution in [1.29, 1.82) is 0 Å². The Labute approximate surface area is 157 Å². The van der Waals surface area contributed by atoms with Crippen LogP contribution in [0.25, 0.3) is 11.5 Å². The van der Waals surface area contributed by atoms with Crippen LogP contribution >= 0.6 is 11.6 Å². The van der Waals surface area contributed by atoms with Gasteiger partial charge in [0.05, 0.1) is 28.2 Å². The van der Waals surface area contributed by atoms with Crippen molar-refractivity contribution in [2.75, 3.05) is 7.11 Å². The van der Waals surface area contributed by atoms with Crippen LogP contribution in [0.5, 0.6) is 5.75 Å². The molecule has 0 bridgehead atoms. The highest BCUT2D eigenvalue weighted by Crippen LogP contribution is 2.28. The van der Waals surface area contributed by atoms with Gasteiger partial charge in [0.1, 0.15) is 0 Å². The van der Waals surface area contributed by atoms with E-state index in [9.17, 15) is 14.9 Å². The van der Waals surface area contributed by atoms with E-state index in [1.54, 1.807) is 24.3 Å². The molecule has 0 aliphatic rings. The van der Waals surface area contributed by atoms with E-state index in [0.29, 0.717) is 10.6 Å². The molecule has 9 nitrogen and oxygen atoms in total. The largest absolute Gasteiger partial charge is 0.490 e. The number of hydrogen-bond donors (Lipinski definition) is 0. The summed E-state index contributed by atoms with van der Waals surface area (Å²) in [5.74, 6) is -0.496. The number of carbonyl (C=O) groups excluding carboxylic acids is 1. The molecule has 0 aliphatic carbocycles. The van der Waals surface area contributed by atoms with Gasteiger partial charge in [-0.15, -0.1) is 10.2 Å². The van der Waals surface area contributed by atoms with Crippen molar-refractivity contribution in [2.24, 2.45) is 0 Å². The molecular formula is C17H12ClN3O6. The highest BCUT2D eigenvalue weighted by atomic mass is 35.5. The molecule has 0 amide bonds. The molecule has 1 heterocycles. The van der Waals surface area contributed by atoms with Crippen molar-refractivity contribution in [1.82, 2.24) is 10.2 Å². The van der Waals surface area contributed by atoms with E-state index in [0.717, 1.165) is 6.07 Å². The Morgan fingerprint density at radius 3 is 2.74 bits per heavy atom. The monoisotopic (exact) mass is 389 g/mol. The number of rotatable bonds is 6. The summed E-state index contributed by atoms with van der Waals surface area (Å²) in [6, 6.07) is 10.7. The third-order valence-corrected chi connectivity index (χ3v) is 3.84. The van der Waals surface area contributed by atoms with Crippen LogP contribution in [0, 0.1) is 10.1 Å². The second kappa shape index (κ2) is 7.83. The van der Waals surface area contributed by atoms with E-state index in [2.05, 4.69) is 10.2 Å². The van der Waals surface area contributed by atoms with E-state index in [1.807, 2.05) is 0 Å². The maximum Gasteiger partial charge on any atom is 0.338 e. The first-order valence-electron chi connectivity index (χ1n) is 7.56. The first kappa shape index (κ1) is 18.3. The smallest absolute Gasteiger partial charge is 0.338 e. The average Bonchev–Trinajstić information content (AvgIpc) is 3.14. The fraction of sp³-hybridized carbons (Fsp3) is 0.118. The Morgan fingerprint density at radius 1 is 1.26 bits per heavy atom. The molecule has 138 valence electrons. The Morgan fingerprint density at radius 2 is 2.04 bits per heavy atom. The van der Waals surface area contributed by atoms with Crippen LogP contribution in [-0.2, 0) is 11.3 Å². The van der Waals surface area contributed by atoms with Gasteiger partial charge in [-0.1, -0.05) is 23.7 Å². The molecule has 0 atom stereocenters. The first-order valence-corrected chi connectivity index (χ1v) is 7.94. The van der Waals surface area contributed by atoms with E-state index < -0.39 is 10.9 Å². The van der Waals surface area contributed by atoms with Gasteiger partial charge in [0.15, 0.2) is 12.4 Å². The normalized spacial score (nSPS) is 10.4. The molecule has 1 aromatic heterocycles. The van der Waals surface area contributed by atoms with Gasteiger partial charge < -0.3 is 13.9 Å². The lowest BCUT2D eigenvalue weighted by atomic mass is 10.2. The van der Waals surface area contributed by atoms with Gasteiger partial charge in [0.25, 0.3) is 5.89 Å². The maximum absolute atomic E-state index is 12.1. The number of hydrogen-bond acceptors (Lipinski definition) is 8. The Hall–Kier alpha value is -3.46. The standard InChI is InChI=1S/C17H12ClN3O6/c1-25-14-7-6-10(8-13(14)21(23)24)17(22)26-9-15-19-20-16(27-15)11-4-2-3-5-12(11)18/h2-8H,9H2,1H3. The number of nitro benzene ring substituents is 1. The first-order chi connectivity index (χ1) is 13.0. The van der Waals surface area contributed by atoms with Crippen molar-refractivity contribution in [3.8, 4) is 17.2 Å². The lowest BCUT2D eigenvalue weighted by Crippen LogP contribution is -2.06. The zero-order valence-electron chi connectivity index (χ0n) is 13.9. The number of carbonyl (C=O) groups is 1. The summed E-state index contributed by atoms with van der Waals surface area (Å²) in [7, 11) is 1.30. The molecule has 3 rings (SSSR count). The molecular weight excluding hydrogens is 378 g/mol. The number of nitro groups is 1. The molecule has 10 heteroatoms. The van der Waals surface area contributed by atoms with E-state index >= 15 is 0 Å². The summed E-state index contributed by atoms with van der Waals surface area (Å²) in [5, 5.41) is 19.1. The summed E-state index contributed by atoms with van der Waals surface area (Å²) < 4.78 is 15.4. The fourth-order valence-electron chi connectivity index (χ4n) is 2.23. The zero-order valence-corrected chi connectivity index (χ0v) is 14.7. The second-order valence-electron chi connectivity index (χ2n) is 5.20. The van der Waals surface area contributed by atoms with Crippen LogP contribution in [0.2, 0.25) is 5.02 Å². The number of esters is 1. The van der Waals surface area contributed by atoms with E-state index in [-0.39, 0.29) is 35.4 Å². The lowest BCUT2D eigenvalue weighted by molar-refractivity contribution is -0.385. The fourth-order valence-corrected chi connectivity index (χ4v) is 2.44. The molecule has 0 spiro atoms. The molecule has 0 unspecified atom stereocenters. The van der Waals surface area contributed by atoms with Crippen LogP contribution in [0.4, 0.5) is 5.69 Å². The summed E-state index contributed by atoms with van der Waals surface area (Å²) in [4.78, 5) is 22.5. The summed E-state index contributed by atoms with van der Waals surface area (Å²) in [6.07, 6.45) is 0. The average molecular weight is 390 g/mol. The molecule has 0 saturated heterocycles. The minimum atomic E-state index is -0.779. The van der Waals surface area contributed by atoms with Gasteiger partial charge >= 0.3 is 11.7 Å². The van der Waals surface area contributed by atoms with Crippen molar-refractivity contribution in [3.63, 3.8) is 0 Å². The molecule has 3 aromatic rings. The van der Waals surface area contributed by atoms with Crippen molar-refractivity contribution in [2.45, 2.75) is 6.61 Å². The molecule has 0 fully saturated rings. The Bertz CT molecular complexity index is 1000. The van der Waals surface area contributed by atoms with Crippen molar-refractivity contribution in [3.05, 3.63) is 69.1 Å². The van der Waals surface area contributed by atoms with Gasteiger partial charge in [0.2, 0.25) is 5.89 Å². The van der Waals surface area contributed by atoms with Gasteiger partial charge in [-0.25, -0.2) is 4.79 Å². The number of aromatic nitrogens is 2. The predicted molar refractivity (Wildman–Crippen MR) is 93.5 cm³/mol. The molecule has 27 heavy (non-hydrogen) atoms. The topological polar surface area (TPSA) is 118 Å². The lowest BCUT2D eigenvalue weighted by Gasteiger charge is -2.05. The van der Waals surface area contributed by atoms with Crippen LogP contribution in [-0.4, -0.2) is 28.2 Å². The number of halogens is 1. The highest BCUT2D eigenvalue weighted by molar-refractivity contribution is 6.33. The van der Waals surface area contributed by atoms with Crippen molar-refractivity contribution < 1.29 is 23.6 Å². The summed E-state index contributed by atoms with van der Waals surface area (Å²) >= 11 is 6.06. The number of ether oxygens (including phenoxy) is 2. The molecule has 0 N–H and O–H groups in total. The van der Waals surface area contributed by atoms with Crippen LogP contribution in [0.1, 0.15) is 16.2 Å². The Balaban J connectivity index is 1.71. The third kappa shape index (κ3) is 4.04. The summed E-state index contributed by atoms with van der Waals surface area (Å²) in [6.45, 7) is -0.296. The maximum atomic E-state index is 12.1. The minimum absolute atomic E-state index is 0.00616. The third-order valence-electron chi connectivity index (χ3n) is 3.51. The SMILES string of the molecule is COc1ccc(C(=O)OCc2nnc(-c3ccccc3Cl)o2)cc1[N+](=O)[O-]. The van der Waals surface area contributed by atoms with Gasteiger partial charge in [-0.2, -0.15) is 0 Å². The van der Waals surface area contributed by atoms with Gasteiger partial charge in [-0.3, -0.25) is 10.1 Å². The van der Waals surface area contributed by atoms with Crippen LogP contribution in [0.15, 0.2) is 46.9 Å². The quantitative estimate of drug-likeness (QED) is 0.356. The van der Waals surface area contributed by atoms with Crippen LogP contribution in [0.3, 0.4) is 0 Å². The van der Waals surface area contributed by atoms with Gasteiger partial charge in [-0.05, 0) is 24.3 Å².